The molecule has 0 saturated carbocycles. The van der Waals surface area contributed by atoms with Gasteiger partial charge in [-0.2, -0.15) is 0 Å². The van der Waals surface area contributed by atoms with Crippen LogP contribution in [0.3, 0.4) is 0 Å². The van der Waals surface area contributed by atoms with E-state index < -0.39 is 0 Å². The summed E-state index contributed by atoms with van der Waals surface area (Å²) in [7, 11) is 0. The van der Waals surface area contributed by atoms with Crippen molar-refractivity contribution in [2.24, 2.45) is 0 Å². The van der Waals surface area contributed by atoms with Crippen molar-refractivity contribution in [1.29, 1.82) is 10.5 Å². The molecule has 0 aliphatic rings. The Bertz CT molecular complexity index is 346. The van der Waals surface area contributed by atoms with Gasteiger partial charge in [0.05, 0.1) is 0 Å². The first-order valence-electron chi connectivity index (χ1n) is 4.45. The van der Waals surface area contributed by atoms with E-state index in [4.69, 9.17) is 10.5 Å². The summed E-state index contributed by atoms with van der Waals surface area (Å²) >= 11 is 0.0953. The summed E-state index contributed by atoms with van der Waals surface area (Å²) in [6, 6.07) is 10.2. The molecule has 0 unspecified atom stereocenters. The summed E-state index contributed by atoms with van der Waals surface area (Å²) in [5, 5.41) is 19.1. The van der Waals surface area contributed by atoms with E-state index in [2.05, 4.69) is 22.1 Å². The molecule has 0 atom stereocenters. The molecular formula is C11H10N2Se2. The standard InChI is InChI=1S/C11H10N2Se2/c12-8-14-6-11(7-15-9-13)10-4-2-1-3-5-10/h1-5,11H,6-7H2. The molecule has 4 heteroatoms. The van der Waals surface area contributed by atoms with Gasteiger partial charge in [-0.05, 0) is 0 Å². The Morgan fingerprint density at radius 2 is 1.53 bits per heavy atom. The minimum atomic E-state index is 0.0477. The van der Waals surface area contributed by atoms with Gasteiger partial charge < -0.3 is 0 Å². The minimum absolute atomic E-state index is 0.0477. The predicted molar refractivity (Wildman–Crippen MR) is 61.5 cm³/mol. The van der Waals surface area contributed by atoms with Crippen LogP contribution in [-0.4, -0.2) is 29.9 Å². The normalized spacial score (nSPS) is 9.53. The second-order valence-electron chi connectivity index (χ2n) is 2.91. The number of hydrogen-bond acceptors (Lipinski definition) is 2. The first-order valence-corrected chi connectivity index (χ1v) is 8.58. The maximum atomic E-state index is 8.61. The van der Waals surface area contributed by atoms with Gasteiger partial charge in [0, 0.05) is 0 Å². The first-order chi connectivity index (χ1) is 7.38. The SMILES string of the molecule is N#C[Se]CC(C[Se]C#N)c1ccccc1. The monoisotopic (exact) mass is 330 g/mol. The number of nitrogens with zero attached hydrogens (tertiary/aromatic N) is 2. The van der Waals surface area contributed by atoms with Crippen LogP contribution in [0.5, 0.6) is 0 Å². The molecule has 1 aromatic carbocycles. The molecule has 0 spiro atoms. The van der Waals surface area contributed by atoms with Crippen molar-refractivity contribution in [1.82, 2.24) is 0 Å². The van der Waals surface area contributed by atoms with Crippen LogP contribution >= 0.6 is 0 Å². The molecule has 0 fully saturated rings. The van der Waals surface area contributed by atoms with Crippen LogP contribution in [0.2, 0.25) is 10.6 Å². The Balaban J connectivity index is 2.64. The van der Waals surface area contributed by atoms with Crippen LogP contribution < -0.4 is 0 Å². The summed E-state index contributed by atoms with van der Waals surface area (Å²) in [5.74, 6) is 0.408. The van der Waals surface area contributed by atoms with Gasteiger partial charge in [0.15, 0.2) is 0 Å². The fourth-order valence-corrected chi connectivity index (χ4v) is 4.46. The van der Waals surface area contributed by atoms with Gasteiger partial charge >= 0.3 is 103 Å². The van der Waals surface area contributed by atoms with Crippen molar-refractivity contribution in [3.63, 3.8) is 0 Å². The number of hydrogen-bond donors (Lipinski definition) is 0. The van der Waals surface area contributed by atoms with Gasteiger partial charge in [-0.15, -0.1) is 0 Å². The summed E-state index contributed by atoms with van der Waals surface area (Å²) in [6.07, 6.45) is 0. The molecule has 0 radical (unpaired) electrons. The Morgan fingerprint density at radius 3 is 2.00 bits per heavy atom. The molecule has 0 heterocycles. The van der Waals surface area contributed by atoms with E-state index >= 15 is 0 Å². The maximum absolute atomic E-state index is 8.61. The van der Waals surface area contributed by atoms with Crippen LogP contribution in [0, 0.1) is 20.5 Å². The van der Waals surface area contributed by atoms with Crippen LogP contribution in [0.1, 0.15) is 11.5 Å². The predicted octanol–water partition coefficient (Wildman–Crippen LogP) is 1.98. The van der Waals surface area contributed by atoms with Crippen molar-refractivity contribution in [2.45, 2.75) is 16.6 Å². The van der Waals surface area contributed by atoms with Crippen LogP contribution in [0.4, 0.5) is 0 Å². The third-order valence-corrected chi connectivity index (χ3v) is 4.90. The van der Waals surface area contributed by atoms with E-state index in [1.54, 1.807) is 0 Å². The molecular weight excluding hydrogens is 318 g/mol. The molecule has 0 amide bonds. The van der Waals surface area contributed by atoms with E-state index in [-0.39, 0.29) is 29.9 Å². The summed E-state index contributed by atoms with van der Waals surface area (Å²) < 4.78 is 0. The Labute approximate surface area is 103 Å². The Kier molecular flexibility index (Phi) is 6.17. The second kappa shape index (κ2) is 7.52. The molecule has 0 aliphatic carbocycles. The van der Waals surface area contributed by atoms with Gasteiger partial charge in [0.2, 0.25) is 0 Å². The summed E-state index contributed by atoms with van der Waals surface area (Å²) in [4.78, 5) is 4.46. The fourth-order valence-electron chi connectivity index (χ4n) is 1.24. The van der Waals surface area contributed by atoms with Crippen LogP contribution in [0.25, 0.3) is 0 Å². The van der Waals surface area contributed by atoms with Gasteiger partial charge in [-0.3, -0.25) is 0 Å². The van der Waals surface area contributed by atoms with Crippen molar-refractivity contribution < 1.29 is 0 Å². The van der Waals surface area contributed by atoms with Crippen molar-refractivity contribution in [2.75, 3.05) is 0 Å². The van der Waals surface area contributed by atoms with Crippen molar-refractivity contribution >= 4 is 29.9 Å². The summed E-state index contributed by atoms with van der Waals surface area (Å²) in [5.41, 5.74) is 1.27. The van der Waals surface area contributed by atoms with Crippen LogP contribution in [0.15, 0.2) is 30.3 Å². The molecule has 0 aliphatic heterocycles. The average Bonchev–Trinajstić information content (AvgIpc) is 2.30. The van der Waals surface area contributed by atoms with Crippen molar-refractivity contribution in [3.8, 4) is 9.94 Å². The second-order valence-corrected chi connectivity index (χ2v) is 6.29. The zero-order chi connectivity index (χ0) is 10.9. The fraction of sp³-hybridized carbons (Fsp3) is 0.273. The summed E-state index contributed by atoms with van der Waals surface area (Å²) in [6.45, 7) is 0. The molecule has 0 saturated heterocycles. The zero-order valence-corrected chi connectivity index (χ0v) is 11.5. The average molecular weight is 328 g/mol. The van der Waals surface area contributed by atoms with Crippen LogP contribution in [-0.2, 0) is 0 Å². The van der Waals surface area contributed by atoms with E-state index in [1.807, 2.05) is 18.2 Å². The molecule has 76 valence electrons. The molecule has 0 N–H and O–H groups in total. The van der Waals surface area contributed by atoms with Gasteiger partial charge in [0.25, 0.3) is 0 Å². The van der Waals surface area contributed by atoms with Gasteiger partial charge in [-0.1, -0.05) is 0 Å². The number of rotatable bonds is 5. The third kappa shape index (κ3) is 4.52. The Morgan fingerprint density at radius 1 is 1.00 bits per heavy atom. The number of benzene rings is 1. The topological polar surface area (TPSA) is 47.6 Å². The van der Waals surface area contributed by atoms with E-state index in [9.17, 15) is 0 Å². The van der Waals surface area contributed by atoms with E-state index in [0.29, 0.717) is 5.92 Å². The number of nitriles is 2. The van der Waals surface area contributed by atoms with E-state index in [0.717, 1.165) is 10.6 Å². The van der Waals surface area contributed by atoms with Crippen molar-refractivity contribution in [3.05, 3.63) is 35.9 Å². The molecule has 0 bridgehead atoms. The Hall–Kier alpha value is -0.761. The molecule has 0 aromatic heterocycles. The zero-order valence-electron chi connectivity index (χ0n) is 8.09. The molecule has 1 aromatic rings. The van der Waals surface area contributed by atoms with E-state index in [1.165, 1.54) is 5.56 Å². The van der Waals surface area contributed by atoms with Gasteiger partial charge in [-0.25, -0.2) is 0 Å². The first kappa shape index (κ1) is 12.3. The molecule has 1 rings (SSSR count). The van der Waals surface area contributed by atoms with Gasteiger partial charge in [0.1, 0.15) is 0 Å². The quantitative estimate of drug-likeness (QED) is 0.776. The third-order valence-electron chi connectivity index (χ3n) is 1.97. The molecule has 2 nitrogen and oxygen atoms in total. The molecule has 15 heavy (non-hydrogen) atoms.